The van der Waals surface area contributed by atoms with Crippen LogP contribution in [0.1, 0.15) is 44.4 Å². The molecule has 1 N–H and O–H groups in total. The standard InChI is InChI=1S/C13H20N2O/c1-10(16)13-8-7-12(9-14-13)15(2)11-5-3-4-6-11/h7-11,16H,3-6H2,1-2H3/t10-/m0/s1. The molecule has 0 bridgehead atoms. The number of hydrogen-bond acceptors (Lipinski definition) is 3. The van der Waals surface area contributed by atoms with Gasteiger partial charge in [-0.05, 0) is 31.9 Å². The second-order valence-electron chi connectivity index (χ2n) is 4.67. The summed E-state index contributed by atoms with van der Waals surface area (Å²) in [7, 11) is 2.13. The third-order valence-corrected chi connectivity index (χ3v) is 3.48. The fraction of sp³-hybridized carbons (Fsp3) is 0.615. The number of aromatic nitrogens is 1. The minimum atomic E-state index is -0.481. The lowest BCUT2D eigenvalue weighted by molar-refractivity contribution is 0.194. The fourth-order valence-corrected chi connectivity index (χ4v) is 2.36. The first kappa shape index (κ1) is 11.4. The Morgan fingerprint density at radius 2 is 2.06 bits per heavy atom. The van der Waals surface area contributed by atoms with Gasteiger partial charge in [-0.3, -0.25) is 4.98 Å². The van der Waals surface area contributed by atoms with Crippen LogP contribution in [0, 0.1) is 0 Å². The Kier molecular flexibility index (Phi) is 3.44. The zero-order valence-electron chi connectivity index (χ0n) is 10.1. The van der Waals surface area contributed by atoms with Gasteiger partial charge in [-0.2, -0.15) is 0 Å². The van der Waals surface area contributed by atoms with Crippen LogP contribution in [-0.2, 0) is 0 Å². The van der Waals surface area contributed by atoms with Crippen LogP contribution in [0.4, 0.5) is 5.69 Å². The summed E-state index contributed by atoms with van der Waals surface area (Å²) in [6.07, 6.45) is 6.64. The molecule has 0 saturated heterocycles. The number of pyridine rings is 1. The van der Waals surface area contributed by atoms with Gasteiger partial charge in [0.2, 0.25) is 0 Å². The number of anilines is 1. The normalized spacial score (nSPS) is 18.7. The number of aliphatic hydroxyl groups is 1. The van der Waals surface area contributed by atoms with Crippen molar-refractivity contribution in [2.45, 2.75) is 44.8 Å². The van der Waals surface area contributed by atoms with Crippen LogP contribution in [0.15, 0.2) is 18.3 Å². The molecular weight excluding hydrogens is 200 g/mol. The van der Waals surface area contributed by atoms with Crippen LogP contribution in [0.3, 0.4) is 0 Å². The first-order valence-corrected chi connectivity index (χ1v) is 6.05. The van der Waals surface area contributed by atoms with Crippen molar-refractivity contribution < 1.29 is 5.11 Å². The van der Waals surface area contributed by atoms with E-state index in [1.54, 1.807) is 6.92 Å². The van der Waals surface area contributed by atoms with E-state index < -0.39 is 6.10 Å². The van der Waals surface area contributed by atoms with E-state index in [4.69, 9.17) is 0 Å². The number of hydrogen-bond donors (Lipinski definition) is 1. The maximum atomic E-state index is 9.39. The molecule has 0 spiro atoms. The van der Waals surface area contributed by atoms with Gasteiger partial charge in [-0.1, -0.05) is 12.8 Å². The summed E-state index contributed by atoms with van der Waals surface area (Å²) >= 11 is 0. The molecule has 1 aromatic rings. The third-order valence-electron chi connectivity index (χ3n) is 3.48. The molecule has 88 valence electrons. The second-order valence-corrected chi connectivity index (χ2v) is 4.67. The van der Waals surface area contributed by atoms with Gasteiger partial charge in [0.05, 0.1) is 23.7 Å². The topological polar surface area (TPSA) is 36.4 Å². The Balaban J connectivity index is 2.08. The SMILES string of the molecule is C[C@H](O)c1ccc(N(C)C2CCCC2)cn1. The monoisotopic (exact) mass is 220 g/mol. The van der Waals surface area contributed by atoms with E-state index in [0.29, 0.717) is 6.04 Å². The van der Waals surface area contributed by atoms with Gasteiger partial charge < -0.3 is 10.0 Å². The zero-order chi connectivity index (χ0) is 11.5. The van der Waals surface area contributed by atoms with Crippen LogP contribution in [0.25, 0.3) is 0 Å². The van der Waals surface area contributed by atoms with Crippen molar-refractivity contribution in [3.05, 3.63) is 24.0 Å². The Labute approximate surface area is 97.1 Å². The summed E-state index contributed by atoms with van der Waals surface area (Å²) in [5, 5.41) is 9.39. The molecule has 0 unspecified atom stereocenters. The molecule has 1 aromatic heterocycles. The van der Waals surface area contributed by atoms with Gasteiger partial charge in [0.25, 0.3) is 0 Å². The van der Waals surface area contributed by atoms with Gasteiger partial charge in [-0.15, -0.1) is 0 Å². The van der Waals surface area contributed by atoms with Crippen molar-refractivity contribution in [2.24, 2.45) is 0 Å². The smallest absolute Gasteiger partial charge is 0.0931 e. The highest BCUT2D eigenvalue weighted by atomic mass is 16.3. The Morgan fingerprint density at radius 1 is 1.38 bits per heavy atom. The molecule has 1 heterocycles. The van der Waals surface area contributed by atoms with Crippen molar-refractivity contribution in [3.8, 4) is 0 Å². The van der Waals surface area contributed by atoms with E-state index in [0.717, 1.165) is 11.4 Å². The minimum Gasteiger partial charge on any atom is -0.387 e. The van der Waals surface area contributed by atoms with Crippen LogP contribution >= 0.6 is 0 Å². The van der Waals surface area contributed by atoms with Crippen LogP contribution in [0.5, 0.6) is 0 Å². The minimum absolute atomic E-state index is 0.481. The molecule has 3 nitrogen and oxygen atoms in total. The molecule has 0 amide bonds. The molecule has 1 aliphatic rings. The van der Waals surface area contributed by atoms with Gasteiger partial charge in [0.1, 0.15) is 0 Å². The Hall–Kier alpha value is -1.09. The molecule has 3 heteroatoms. The highest BCUT2D eigenvalue weighted by molar-refractivity contribution is 5.45. The van der Waals surface area contributed by atoms with E-state index in [-0.39, 0.29) is 0 Å². The highest BCUT2D eigenvalue weighted by Crippen LogP contribution is 2.26. The number of rotatable bonds is 3. The van der Waals surface area contributed by atoms with Crippen molar-refractivity contribution >= 4 is 5.69 Å². The predicted octanol–water partition coefficient (Wildman–Crippen LogP) is 2.51. The lowest BCUT2D eigenvalue weighted by Gasteiger charge is -2.26. The van der Waals surface area contributed by atoms with E-state index >= 15 is 0 Å². The molecule has 2 rings (SSSR count). The molecule has 1 atom stereocenters. The molecule has 1 fully saturated rings. The summed E-state index contributed by atoms with van der Waals surface area (Å²) in [5.74, 6) is 0. The number of aliphatic hydroxyl groups excluding tert-OH is 1. The molecule has 1 aliphatic carbocycles. The lowest BCUT2D eigenvalue weighted by atomic mass is 10.2. The third kappa shape index (κ3) is 2.35. The first-order chi connectivity index (χ1) is 7.68. The number of nitrogens with zero attached hydrogens (tertiary/aromatic N) is 2. The molecular formula is C13H20N2O. The average Bonchev–Trinajstić information content (AvgIpc) is 2.81. The lowest BCUT2D eigenvalue weighted by Crippen LogP contribution is -2.28. The zero-order valence-corrected chi connectivity index (χ0v) is 10.1. The largest absolute Gasteiger partial charge is 0.387 e. The van der Waals surface area contributed by atoms with E-state index in [9.17, 15) is 5.11 Å². The predicted molar refractivity (Wildman–Crippen MR) is 65.5 cm³/mol. The summed E-state index contributed by atoms with van der Waals surface area (Å²) in [4.78, 5) is 6.59. The van der Waals surface area contributed by atoms with Crippen LogP contribution in [-0.4, -0.2) is 23.2 Å². The molecule has 1 saturated carbocycles. The highest BCUT2D eigenvalue weighted by Gasteiger charge is 2.19. The second kappa shape index (κ2) is 4.83. The first-order valence-electron chi connectivity index (χ1n) is 6.05. The van der Waals surface area contributed by atoms with Crippen LogP contribution < -0.4 is 4.90 Å². The van der Waals surface area contributed by atoms with Gasteiger partial charge in [-0.25, -0.2) is 0 Å². The fourth-order valence-electron chi connectivity index (χ4n) is 2.36. The van der Waals surface area contributed by atoms with E-state index in [1.807, 2.05) is 18.3 Å². The maximum absolute atomic E-state index is 9.39. The Bertz CT molecular complexity index is 328. The summed E-state index contributed by atoms with van der Waals surface area (Å²) in [6.45, 7) is 1.74. The van der Waals surface area contributed by atoms with Crippen molar-refractivity contribution in [1.82, 2.24) is 4.98 Å². The van der Waals surface area contributed by atoms with Gasteiger partial charge in [0, 0.05) is 13.1 Å². The summed E-state index contributed by atoms with van der Waals surface area (Å²) in [5.41, 5.74) is 1.89. The van der Waals surface area contributed by atoms with E-state index in [1.165, 1.54) is 25.7 Å². The van der Waals surface area contributed by atoms with Crippen LogP contribution in [0.2, 0.25) is 0 Å². The summed E-state index contributed by atoms with van der Waals surface area (Å²) in [6, 6.07) is 4.62. The molecule has 16 heavy (non-hydrogen) atoms. The molecule has 0 aliphatic heterocycles. The van der Waals surface area contributed by atoms with Crippen molar-refractivity contribution in [3.63, 3.8) is 0 Å². The quantitative estimate of drug-likeness (QED) is 0.850. The Morgan fingerprint density at radius 3 is 2.56 bits per heavy atom. The maximum Gasteiger partial charge on any atom is 0.0931 e. The van der Waals surface area contributed by atoms with E-state index in [2.05, 4.69) is 16.9 Å². The molecule has 0 aromatic carbocycles. The molecule has 0 radical (unpaired) electrons. The van der Waals surface area contributed by atoms with Crippen molar-refractivity contribution in [2.75, 3.05) is 11.9 Å². The van der Waals surface area contributed by atoms with Gasteiger partial charge >= 0.3 is 0 Å². The van der Waals surface area contributed by atoms with Gasteiger partial charge in [0.15, 0.2) is 0 Å². The average molecular weight is 220 g/mol. The van der Waals surface area contributed by atoms with Crippen molar-refractivity contribution in [1.29, 1.82) is 0 Å². The summed E-state index contributed by atoms with van der Waals surface area (Å²) < 4.78 is 0.